The number of allylic oxidation sites excluding steroid dienone is 2. The number of hydrogen-bond donors (Lipinski definition) is 2. The smallest absolute Gasteiger partial charge is 0.303 e. The number of carboxylic acid groups (broad SMARTS) is 1. The quantitative estimate of drug-likeness (QED) is 0.438. The highest BCUT2D eigenvalue weighted by molar-refractivity contribution is 7.92. The second-order valence-corrected chi connectivity index (χ2v) is 10.0. The molecule has 0 radical (unpaired) electrons. The first kappa shape index (κ1) is 21.8. The van der Waals surface area contributed by atoms with Crippen molar-refractivity contribution in [1.82, 2.24) is 4.72 Å². The molecule has 2 N–H and O–H groups in total. The van der Waals surface area contributed by atoms with Crippen LogP contribution in [0.1, 0.15) is 49.7 Å². The maximum atomic E-state index is 12.4. The number of aryl methyl sites for hydroxylation is 1. The molecule has 6 heteroatoms. The summed E-state index contributed by atoms with van der Waals surface area (Å²) < 4.78 is 27.7. The number of fused-ring (bicyclic) bond motifs is 2. The highest BCUT2D eigenvalue weighted by Crippen LogP contribution is 2.52. The number of nitrogens with one attached hydrogen (secondary N) is 1. The topological polar surface area (TPSA) is 83.5 Å². The summed E-state index contributed by atoms with van der Waals surface area (Å²) in [4.78, 5) is 10.6. The summed E-state index contributed by atoms with van der Waals surface area (Å²) in [7, 11) is -3.48. The van der Waals surface area contributed by atoms with Crippen LogP contribution < -0.4 is 4.72 Å². The van der Waals surface area contributed by atoms with E-state index in [0.29, 0.717) is 36.6 Å². The van der Waals surface area contributed by atoms with E-state index in [1.165, 1.54) is 24.7 Å². The van der Waals surface area contributed by atoms with Crippen LogP contribution in [0.2, 0.25) is 0 Å². The summed E-state index contributed by atoms with van der Waals surface area (Å²) in [5, 5.41) is 9.99. The molecular formula is C23H31NO4S. The first-order chi connectivity index (χ1) is 13.8. The molecule has 2 fully saturated rings. The van der Waals surface area contributed by atoms with Crippen LogP contribution in [0.3, 0.4) is 0 Å². The van der Waals surface area contributed by atoms with Crippen molar-refractivity contribution >= 4 is 22.1 Å². The van der Waals surface area contributed by atoms with Crippen LogP contribution in [0.15, 0.2) is 41.8 Å². The molecule has 0 aliphatic heterocycles. The van der Waals surface area contributed by atoms with Crippen LogP contribution in [0.4, 0.5) is 0 Å². The second kappa shape index (κ2) is 9.72. The van der Waals surface area contributed by atoms with Gasteiger partial charge in [0, 0.05) is 18.4 Å². The van der Waals surface area contributed by atoms with Crippen molar-refractivity contribution in [2.45, 2.75) is 45.4 Å². The zero-order valence-electron chi connectivity index (χ0n) is 17.0. The van der Waals surface area contributed by atoms with Crippen LogP contribution in [-0.4, -0.2) is 26.0 Å². The number of unbranched alkanes of at least 4 members (excludes halogenated alkanes) is 1. The largest absolute Gasteiger partial charge is 0.481 e. The van der Waals surface area contributed by atoms with Gasteiger partial charge in [-0.2, -0.15) is 0 Å². The number of carbonyl (C=O) groups is 1. The van der Waals surface area contributed by atoms with Crippen molar-refractivity contribution in [2.75, 3.05) is 6.54 Å². The number of aliphatic carboxylic acids is 1. The highest BCUT2D eigenvalue weighted by Gasteiger charge is 2.46. The Kier molecular flexibility index (Phi) is 7.30. The van der Waals surface area contributed by atoms with Gasteiger partial charge in [0.2, 0.25) is 10.0 Å². The molecule has 0 saturated heterocycles. The van der Waals surface area contributed by atoms with Gasteiger partial charge in [-0.1, -0.05) is 42.0 Å². The van der Waals surface area contributed by atoms with Gasteiger partial charge in [-0.3, -0.25) is 4.79 Å². The molecule has 0 amide bonds. The molecule has 0 spiro atoms. The average molecular weight is 418 g/mol. The third kappa shape index (κ3) is 6.28. The number of sulfonamides is 1. The highest BCUT2D eigenvalue weighted by atomic mass is 32.2. The monoisotopic (exact) mass is 417 g/mol. The van der Waals surface area contributed by atoms with Gasteiger partial charge in [0.15, 0.2) is 0 Å². The second-order valence-electron chi connectivity index (χ2n) is 8.40. The summed E-state index contributed by atoms with van der Waals surface area (Å²) in [6, 6.07) is 7.74. The molecule has 0 aromatic heterocycles. The summed E-state index contributed by atoms with van der Waals surface area (Å²) >= 11 is 0. The van der Waals surface area contributed by atoms with E-state index in [0.717, 1.165) is 17.5 Å². The van der Waals surface area contributed by atoms with Gasteiger partial charge in [-0.15, -0.1) is 0 Å². The Hall–Kier alpha value is -1.92. The third-order valence-electron chi connectivity index (χ3n) is 6.28. The maximum Gasteiger partial charge on any atom is 0.303 e. The average Bonchev–Trinajstić information content (AvgIpc) is 3.26. The first-order valence-electron chi connectivity index (χ1n) is 10.5. The van der Waals surface area contributed by atoms with Crippen LogP contribution in [-0.2, 0) is 14.8 Å². The van der Waals surface area contributed by atoms with Crippen LogP contribution in [0.5, 0.6) is 0 Å². The van der Waals surface area contributed by atoms with Crippen molar-refractivity contribution in [1.29, 1.82) is 0 Å². The zero-order chi connectivity index (χ0) is 20.9. The van der Waals surface area contributed by atoms with Crippen molar-refractivity contribution in [2.24, 2.45) is 23.7 Å². The van der Waals surface area contributed by atoms with E-state index in [9.17, 15) is 13.2 Å². The molecule has 29 heavy (non-hydrogen) atoms. The minimum Gasteiger partial charge on any atom is -0.481 e. The number of carboxylic acids is 1. The number of hydrogen-bond acceptors (Lipinski definition) is 3. The minimum atomic E-state index is -3.48. The molecule has 158 valence electrons. The maximum absolute atomic E-state index is 12.4. The van der Waals surface area contributed by atoms with Crippen LogP contribution in [0, 0.1) is 30.6 Å². The van der Waals surface area contributed by atoms with E-state index in [-0.39, 0.29) is 6.42 Å². The fraction of sp³-hybridized carbons (Fsp3) is 0.522. The summed E-state index contributed by atoms with van der Waals surface area (Å²) in [5.74, 6) is 1.17. The van der Waals surface area contributed by atoms with Crippen LogP contribution in [0.25, 0.3) is 6.08 Å². The predicted molar refractivity (Wildman–Crippen MR) is 116 cm³/mol. The first-order valence-corrected chi connectivity index (χ1v) is 12.0. The summed E-state index contributed by atoms with van der Waals surface area (Å²) in [5.41, 5.74) is 1.97. The molecule has 2 aliphatic rings. The van der Waals surface area contributed by atoms with Gasteiger partial charge in [-0.05, 0) is 74.3 Å². The molecule has 0 heterocycles. The van der Waals surface area contributed by atoms with Gasteiger partial charge in [0.25, 0.3) is 0 Å². The fourth-order valence-corrected chi connectivity index (χ4v) is 5.74. The SMILES string of the molecule is Cc1cccc(C=CS(=O)(=O)NCC2C3CCC(C3)C2C=CCCCC(=O)O)c1. The fourth-order valence-electron chi connectivity index (χ4n) is 4.88. The molecular weight excluding hydrogens is 386 g/mol. The normalized spacial score (nSPS) is 26.7. The molecule has 4 unspecified atom stereocenters. The standard InChI is InChI=1S/C23H31NO4S/c1-17-6-5-7-18(14-17)12-13-29(27,28)24-16-22-20-11-10-19(15-20)21(22)8-3-2-4-9-23(25)26/h3,5-8,12-14,19-22,24H,2,4,9-11,15-16H2,1H3,(H,25,26). The van der Waals surface area contributed by atoms with E-state index in [1.54, 1.807) is 6.08 Å². The van der Waals surface area contributed by atoms with E-state index in [2.05, 4.69) is 16.9 Å². The lowest BCUT2D eigenvalue weighted by Crippen LogP contribution is -2.34. The number of benzene rings is 1. The summed E-state index contributed by atoms with van der Waals surface area (Å²) in [6.07, 6.45) is 11.1. The Morgan fingerprint density at radius 1 is 1.28 bits per heavy atom. The number of rotatable bonds is 10. The van der Waals surface area contributed by atoms with Crippen molar-refractivity contribution < 1.29 is 18.3 Å². The van der Waals surface area contributed by atoms with E-state index >= 15 is 0 Å². The third-order valence-corrected chi connectivity index (χ3v) is 7.34. The molecule has 2 aliphatic carbocycles. The molecule has 2 bridgehead atoms. The van der Waals surface area contributed by atoms with Crippen molar-refractivity contribution in [3.05, 3.63) is 53.0 Å². The predicted octanol–water partition coefficient (Wildman–Crippen LogP) is 4.36. The van der Waals surface area contributed by atoms with Gasteiger partial charge >= 0.3 is 5.97 Å². The molecule has 3 rings (SSSR count). The van der Waals surface area contributed by atoms with Gasteiger partial charge in [0.1, 0.15) is 0 Å². The van der Waals surface area contributed by atoms with Gasteiger partial charge in [0.05, 0.1) is 0 Å². The molecule has 1 aromatic carbocycles. The Balaban J connectivity index is 1.56. The Morgan fingerprint density at radius 3 is 2.83 bits per heavy atom. The summed E-state index contributed by atoms with van der Waals surface area (Å²) in [6.45, 7) is 2.44. The van der Waals surface area contributed by atoms with Crippen LogP contribution >= 0.6 is 0 Å². The Labute approximate surface area is 174 Å². The van der Waals surface area contributed by atoms with Crippen molar-refractivity contribution in [3.8, 4) is 0 Å². The molecule has 5 nitrogen and oxygen atoms in total. The lowest BCUT2D eigenvalue weighted by molar-refractivity contribution is -0.137. The van der Waals surface area contributed by atoms with E-state index < -0.39 is 16.0 Å². The Bertz CT molecular complexity index is 875. The van der Waals surface area contributed by atoms with E-state index in [1.807, 2.05) is 31.2 Å². The zero-order valence-corrected chi connectivity index (χ0v) is 17.8. The molecule has 2 saturated carbocycles. The van der Waals surface area contributed by atoms with Gasteiger partial charge < -0.3 is 5.11 Å². The van der Waals surface area contributed by atoms with Gasteiger partial charge in [-0.25, -0.2) is 13.1 Å². The lowest BCUT2D eigenvalue weighted by atomic mass is 9.79. The van der Waals surface area contributed by atoms with Crippen molar-refractivity contribution in [3.63, 3.8) is 0 Å². The molecule has 1 aromatic rings. The molecule has 4 atom stereocenters. The lowest BCUT2D eigenvalue weighted by Gasteiger charge is -2.29. The minimum absolute atomic E-state index is 0.192. The Morgan fingerprint density at radius 2 is 2.07 bits per heavy atom. The van der Waals surface area contributed by atoms with E-state index in [4.69, 9.17) is 5.11 Å².